The SMILES string of the molecule is O=CN1CCN(C(=O)c2ccc(Br)s2)CC1. The van der Waals surface area contributed by atoms with Crippen LogP contribution in [0.2, 0.25) is 0 Å². The maximum Gasteiger partial charge on any atom is 0.264 e. The molecule has 2 rings (SSSR count). The predicted molar refractivity (Wildman–Crippen MR) is 65.6 cm³/mol. The molecule has 86 valence electrons. The van der Waals surface area contributed by atoms with E-state index < -0.39 is 0 Å². The molecule has 0 aromatic carbocycles. The summed E-state index contributed by atoms with van der Waals surface area (Å²) in [6.07, 6.45) is 0.837. The Balaban J connectivity index is 1.99. The molecule has 1 saturated heterocycles. The van der Waals surface area contributed by atoms with Crippen molar-refractivity contribution in [1.82, 2.24) is 9.80 Å². The van der Waals surface area contributed by atoms with E-state index in [4.69, 9.17) is 0 Å². The fourth-order valence-electron chi connectivity index (χ4n) is 1.62. The van der Waals surface area contributed by atoms with Crippen molar-refractivity contribution >= 4 is 39.6 Å². The lowest BCUT2D eigenvalue weighted by atomic mass is 10.3. The summed E-state index contributed by atoms with van der Waals surface area (Å²) in [5.74, 6) is 0.0567. The smallest absolute Gasteiger partial charge is 0.264 e. The zero-order valence-electron chi connectivity index (χ0n) is 8.56. The molecule has 2 amide bonds. The van der Waals surface area contributed by atoms with Gasteiger partial charge in [0.05, 0.1) is 8.66 Å². The van der Waals surface area contributed by atoms with Crippen LogP contribution in [-0.4, -0.2) is 48.3 Å². The zero-order chi connectivity index (χ0) is 11.5. The highest BCUT2D eigenvalue weighted by molar-refractivity contribution is 9.11. The molecular weight excluding hydrogens is 292 g/mol. The van der Waals surface area contributed by atoms with E-state index in [1.165, 1.54) is 11.3 Å². The summed E-state index contributed by atoms with van der Waals surface area (Å²) in [4.78, 5) is 26.8. The normalized spacial score (nSPS) is 16.3. The Hall–Kier alpha value is -0.880. The van der Waals surface area contributed by atoms with Crippen LogP contribution >= 0.6 is 27.3 Å². The average molecular weight is 303 g/mol. The quantitative estimate of drug-likeness (QED) is 0.776. The van der Waals surface area contributed by atoms with E-state index in [-0.39, 0.29) is 5.91 Å². The van der Waals surface area contributed by atoms with Crippen LogP contribution in [0.3, 0.4) is 0 Å². The third-order valence-corrected chi connectivity index (χ3v) is 4.15. The van der Waals surface area contributed by atoms with Crippen LogP contribution in [0.5, 0.6) is 0 Å². The molecule has 1 fully saturated rings. The second-order valence-corrected chi connectivity index (χ2v) is 6.00. The molecule has 1 aromatic heterocycles. The first-order chi connectivity index (χ1) is 7.70. The molecule has 0 saturated carbocycles. The van der Waals surface area contributed by atoms with E-state index in [0.29, 0.717) is 26.2 Å². The second kappa shape index (κ2) is 4.97. The van der Waals surface area contributed by atoms with E-state index in [1.807, 2.05) is 12.1 Å². The summed E-state index contributed by atoms with van der Waals surface area (Å²) in [6.45, 7) is 2.49. The Morgan fingerprint density at radius 3 is 2.50 bits per heavy atom. The summed E-state index contributed by atoms with van der Waals surface area (Å²) in [6, 6.07) is 3.70. The standard InChI is InChI=1S/C10H11BrN2O2S/c11-9-2-1-8(16-9)10(15)13-5-3-12(7-14)4-6-13/h1-2,7H,3-6H2. The first-order valence-corrected chi connectivity index (χ1v) is 6.55. The molecule has 0 spiro atoms. The lowest BCUT2D eigenvalue weighted by Gasteiger charge is -2.32. The van der Waals surface area contributed by atoms with E-state index in [0.717, 1.165) is 15.1 Å². The maximum atomic E-state index is 12.0. The zero-order valence-corrected chi connectivity index (χ0v) is 11.0. The third kappa shape index (κ3) is 2.44. The van der Waals surface area contributed by atoms with Gasteiger partial charge in [0.15, 0.2) is 0 Å². The molecule has 2 heterocycles. The number of amides is 2. The Morgan fingerprint density at radius 2 is 2.00 bits per heavy atom. The van der Waals surface area contributed by atoms with Crippen molar-refractivity contribution in [3.8, 4) is 0 Å². The van der Waals surface area contributed by atoms with Gasteiger partial charge in [-0.3, -0.25) is 9.59 Å². The Labute approximate surface area is 106 Å². The van der Waals surface area contributed by atoms with Crippen molar-refractivity contribution in [2.45, 2.75) is 0 Å². The van der Waals surface area contributed by atoms with Crippen molar-refractivity contribution in [2.75, 3.05) is 26.2 Å². The Morgan fingerprint density at radius 1 is 1.31 bits per heavy atom. The lowest BCUT2D eigenvalue weighted by Crippen LogP contribution is -2.47. The molecule has 0 aliphatic carbocycles. The number of carbonyl (C=O) groups excluding carboxylic acids is 2. The molecule has 0 bridgehead atoms. The fourth-order valence-corrected chi connectivity index (χ4v) is 2.97. The van der Waals surface area contributed by atoms with E-state index >= 15 is 0 Å². The van der Waals surface area contributed by atoms with Crippen LogP contribution in [0.1, 0.15) is 9.67 Å². The van der Waals surface area contributed by atoms with Crippen molar-refractivity contribution in [1.29, 1.82) is 0 Å². The average Bonchev–Trinajstić information content (AvgIpc) is 2.75. The Bertz CT molecular complexity index is 399. The number of carbonyl (C=O) groups is 2. The number of halogens is 1. The fraction of sp³-hybridized carbons (Fsp3) is 0.400. The molecule has 4 nitrogen and oxygen atoms in total. The summed E-state index contributed by atoms with van der Waals surface area (Å²) in [7, 11) is 0. The summed E-state index contributed by atoms with van der Waals surface area (Å²) < 4.78 is 0.961. The van der Waals surface area contributed by atoms with Crippen LogP contribution in [0.25, 0.3) is 0 Å². The molecule has 1 aromatic rings. The van der Waals surface area contributed by atoms with E-state index in [9.17, 15) is 9.59 Å². The molecule has 0 N–H and O–H groups in total. The number of thiophene rings is 1. The number of rotatable bonds is 2. The van der Waals surface area contributed by atoms with Crippen LogP contribution < -0.4 is 0 Å². The molecule has 6 heteroatoms. The van der Waals surface area contributed by atoms with Crippen molar-refractivity contribution in [3.63, 3.8) is 0 Å². The summed E-state index contributed by atoms with van der Waals surface area (Å²) >= 11 is 4.78. The van der Waals surface area contributed by atoms with Crippen LogP contribution in [-0.2, 0) is 4.79 Å². The van der Waals surface area contributed by atoms with E-state index in [1.54, 1.807) is 9.80 Å². The van der Waals surface area contributed by atoms with Gasteiger partial charge in [0.25, 0.3) is 5.91 Å². The topological polar surface area (TPSA) is 40.6 Å². The highest BCUT2D eigenvalue weighted by atomic mass is 79.9. The van der Waals surface area contributed by atoms with Gasteiger partial charge < -0.3 is 9.80 Å². The molecule has 16 heavy (non-hydrogen) atoms. The van der Waals surface area contributed by atoms with Gasteiger partial charge in [-0.1, -0.05) is 0 Å². The first kappa shape index (κ1) is 11.6. The second-order valence-electron chi connectivity index (χ2n) is 3.54. The number of nitrogens with zero attached hydrogens (tertiary/aromatic N) is 2. The molecule has 0 atom stereocenters. The van der Waals surface area contributed by atoms with Gasteiger partial charge in [0, 0.05) is 26.2 Å². The van der Waals surface area contributed by atoms with Crippen LogP contribution in [0.15, 0.2) is 15.9 Å². The van der Waals surface area contributed by atoms with Gasteiger partial charge in [-0.25, -0.2) is 0 Å². The molecule has 0 unspecified atom stereocenters. The molecule has 1 aliphatic heterocycles. The van der Waals surface area contributed by atoms with Crippen molar-refractivity contribution < 1.29 is 9.59 Å². The molecule has 0 radical (unpaired) electrons. The summed E-state index contributed by atoms with van der Waals surface area (Å²) in [5, 5.41) is 0. The van der Waals surface area contributed by atoms with Crippen LogP contribution in [0.4, 0.5) is 0 Å². The van der Waals surface area contributed by atoms with Crippen LogP contribution in [0, 0.1) is 0 Å². The van der Waals surface area contributed by atoms with Crippen molar-refractivity contribution in [2.24, 2.45) is 0 Å². The molecule has 1 aliphatic rings. The minimum Gasteiger partial charge on any atom is -0.342 e. The van der Waals surface area contributed by atoms with E-state index in [2.05, 4.69) is 15.9 Å². The van der Waals surface area contributed by atoms with Gasteiger partial charge in [-0.2, -0.15) is 0 Å². The van der Waals surface area contributed by atoms with Gasteiger partial charge in [0.2, 0.25) is 6.41 Å². The number of hydrogen-bond donors (Lipinski definition) is 0. The third-order valence-electron chi connectivity index (χ3n) is 2.53. The van der Waals surface area contributed by atoms with Crippen molar-refractivity contribution in [3.05, 3.63) is 20.8 Å². The minimum atomic E-state index is 0.0567. The predicted octanol–water partition coefficient (Wildman–Crippen LogP) is 1.42. The Kier molecular flexibility index (Phi) is 3.60. The molecular formula is C10H11BrN2O2S. The highest BCUT2D eigenvalue weighted by Crippen LogP contribution is 2.23. The van der Waals surface area contributed by atoms with Gasteiger partial charge in [-0.15, -0.1) is 11.3 Å². The number of hydrogen-bond acceptors (Lipinski definition) is 3. The first-order valence-electron chi connectivity index (χ1n) is 4.94. The maximum absolute atomic E-state index is 12.0. The minimum absolute atomic E-state index is 0.0567. The van der Waals surface area contributed by atoms with Gasteiger partial charge in [0.1, 0.15) is 0 Å². The van der Waals surface area contributed by atoms with Gasteiger partial charge in [-0.05, 0) is 28.1 Å². The van der Waals surface area contributed by atoms with Gasteiger partial charge >= 0.3 is 0 Å². The lowest BCUT2D eigenvalue weighted by molar-refractivity contribution is -0.119. The highest BCUT2D eigenvalue weighted by Gasteiger charge is 2.22. The largest absolute Gasteiger partial charge is 0.342 e. The monoisotopic (exact) mass is 302 g/mol. The summed E-state index contributed by atoms with van der Waals surface area (Å²) in [5.41, 5.74) is 0. The number of piperazine rings is 1.